The first-order valence-electron chi connectivity index (χ1n) is 16.6. The Bertz CT molecular complexity index is 2050. The number of esters is 1. The molecule has 2 aromatic heterocycles. The Morgan fingerprint density at radius 3 is 2.80 bits per heavy atom. The number of imidazole rings is 1. The van der Waals surface area contributed by atoms with Gasteiger partial charge in [-0.3, -0.25) is 14.8 Å². The van der Waals surface area contributed by atoms with Gasteiger partial charge in [0.2, 0.25) is 0 Å². The third kappa shape index (κ3) is 6.02. The number of amides is 2. The summed E-state index contributed by atoms with van der Waals surface area (Å²) in [6.07, 6.45) is 3.40. The Kier molecular flexibility index (Phi) is 8.35. The summed E-state index contributed by atoms with van der Waals surface area (Å²) < 4.78 is 33.8. The molecule has 3 fully saturated rings. The molecule has 4 atom stereocenters. The van der Waals surface area contributed by atoms with Gasteiger partial charge in [0, 0.05) is 72.2 Å². The summed E-state index contributed by atoms with van der Waals surface area (Å²) in [6, 6.07) is 8.78. The molecular weight excluding hydrogens is 686 g/mol. The number of ether oxygens (including phenoxy) is 1. The van der Waals surface area contributed by atoms with E-state index in [4.69, 9.17) is 26.3 Å². The number of aromatic nitrogens is 3. The van der Waals surface area contributed by atoms with Crippen molar-refractivity contribution in [2.45, 2.75) is 49.9 Å². The molecule has 5 heterocycles. The molecular formula is C35H35ClF2N8O3S. The van der Waals surface area contributed by atoms with Crippen LogP contribution in [0.4, 0.5) is 19.3 Å². The lowest BCUT2D eigenvalue weighted by Gasteiger charge is -2.38. The van der Waals surface area contributed by atoms with Crippen molar-refractivity contribution in [3.05, 3.63) is 86.5 Å². The molecule has 3 aliphatic heterocycles. The first kappa shape index (κ1) is 32.8. The van der Waals surface area contributed by atoms with Crippen molar-refractivity contribution < 1.29 is 23.1 Å². The maximum atomic E-state index is 14.5. The van der Waals surface area contributed by atoms with Crippen molar-refractivity contribution in [3.8, 4) is 0 Å². The normalized spacial score (nSPS) is 25.7. The lowest BCUT2D eigenvalue weighted by Crippen LogP contribution is -2.53. The van der Waals surface area contributed by atoms with Gasteiger partial charge in [0.05, 0.1) is 29.8 Å². The van der Waals surface area contributed by atoms with Crippen LogP contribution in [-0.4, -0.2) is 94.1 Å². The Hall–Kier alpha value is -4.40. The van der Waals surface area contributed by atoms with E-state index in [0.29, 0.717) is 67.7 Å². The summed E-state index contributed by atoms with van der Waals surface area (Å²) in [6.45, 7) is 4.11. The smallest absolute Gasteiger partial charge is 0.338 e. The number of alkyl halides is 1. The topological polar surface area (TPSA) is 119 Å². The lowest BCUT2D eigenvalue weighted by atomic mass is 9.95. The SMILES string of the molecule is COC(=O)C1=C(CN2CCN3C(=O)N(c4ccc5nc(C6CCC(C)(F)C6)[nH]c5c4)C[C@@H]3C2)NC(c2nccs2)=N[C@H]1c1ccc(F)cc1Cl. The molecule has 2 unspecified atom stereocenters. The van der Waals surface area contributed by atoms with Crippen LogP contribution in [0.5, 0.6) is 0 Å². The third-order valence-electron chi connectivity index (χ3n) is 10.1. The summed E-state index contributed by atoms with van der Waals surface area (Å²) in [5.41, 5.74) is 2.53. The predicted octanol–water partition coefficient (Wildman–Crippen LogP) is 5.95. The first-order valence-corrected chi connectivity index (χ1v) is 17.8. The highest BCUT2D eigenvalue weighted by atomic mass is 35.5. The number of aromatic amines is 1. The molecule has 4 aromatic rings. The van der Waals surface area contributed by atoms with E-state index < -0.39 is 23.5 Å². The number of amidine groups is 1. The predicted molar refractivity (Wildman–Crippen MR) is 187 cm³/mol. The van der Waals surface area contributed by atoms with Gasteiger partial charge < -0.3 is 19.9 Å². The minimum absolute atomic E-state index is 0.0505. The third-order valence-corrected chi connectivity index (χ3v) is 11.2. The lowest BCUT2D eigenvalue weighted by molar-refractivity contribution is -0.136. The number of nitrogens with zero attached hydrogens (tertiary/aromatic N) is 6. The Balaban J connectivity index is 1.04. The van der Waals surface area contributed by atoms with Crippen molar-refractivity contribution in [2.24, 2.45) is 4.99 Å². The number of nitrogens with one attached hydrogen (secondary N) is 2. The number of hydrogen-bond acceptors (Lipinski definition) is 9. The fraction of sp³-hybridized carbons (Fsp3) is 0.400. The minimum atomic E-state index is -1.17. The van der Waals surface area contributed by atoms with Crippen LogP contribution in [0.15, 0.2) is 64.2 Å². The van der Waals surface area contributed by atoms with E-state index in [1.165, 1.54) is 36.6 Å². The number of thiazole rings is 1. The van der Waals surface area contributed by atoms with Crippen LogP contribution in [0.2, 0.25) is 5.02 Å². The highest BCUT2D eigenvalue weighted by Gasteiger charge is 2.43. The van der Waals surface area contributed by atoms with E-state index >= 15 is 0 Å². The van der Waals surface area contributed by atoms with Crippen molar-refractivity contribution in [3.63, 3.8) is 0 Å². The minimum Gasteiger partial charge on any atom is -0.466 e. The number of piperazine rings is 1. The Labute approximate surface area is 296 Å². The van der Waals surface area contributed by atoms with Crippen LogP contribution in [0.25, 0.3) is 11.0 Å². The number of rotatable bonds is 7. The zero-order valence-electron chi connectivity index (χ0n) is 27.5. The van der Waals surface area contributed by atoms with E-state index in [-0.39, 0.29) is 28.6 Å². The second kappa shape index (κ2) is 12.7. The molecule has 8 rings (SSSR count). The molecule has 15 heteroatoms. The molecule has 0 radical (unpaired) electrons. The molecule has 2 amide bonds. The number of hydrogen-bond donors (Lipinski definition) is 2. The summed E-state index contributed by atoms with van der Waals surface area (Å²) in [5.74, 6) is 0.239. The van der Waals surface area contributed by atoms with Gasteiger partial charge >= 0.3 is 12.0 Å². The molecule has 1 saturated carbocycles. The number of anilines is 1. The van der Waals surface area contributed by atoms with Gasteiger partial charge in [0.25, 0.3) is 0 Å². The highest BCUT2D eigenvalue weighted by Crippen LogP contribution is 2.43. The Morgan fingerprint density at radius 2 is 2.06 bits per heavy atom. The highest BCUT2D eigenvalue weighted by molar-refractivity contribution is 7.11. The monoisotopic (exact) mass is 720 g/mol. The summed E-state index contributed by atoms with van der Waals surface area (Å²) in [5, 5.41) is 5.95. The van der Waals surface area contributed by atoms with Crippen molar-refractivity contribution in [2.75, 3.05) is 44.7 Å². The van der Waals surface area contributed by atoms with Crippen LogP contribution in [0, 0.1) is 5.82 Å². The van der Waals surface area contributed by atoms with Gasteiger partial charge in [-0.05, 0) is 56.5 Å². The van der Waals surface area contributed by atoms with E-state index in [2.05, 4.69) is 20.2 Å². The fourth-order valence-corrected chi connectivity index (χ4v) is 8.49. The summed E-state index contributed by atoms with van der Waals surface area (Å²) >= 11 is 7.91. The maximum Gasteiger partial charge on any atom is 0.338 e. The van der Waals surface area contributed by atoms with Gasteiger partial charge in [-0.25, -0.2) is 28.3 Å². The summed E-state index contributed by atoms with van der Waals surface area (Å²) in [7, 11) is 1.31. The van der Waals surface area contributed by atoms with Crippen LogP contribution in [0.1, 0.15) is 54.5 Å². The van der Waals surface area contributed by atoms with Crippen molar-refractivity contribution in [1.29, 1.82) is 0 Å². The molecule has 2 saturated heterocycles. The van der Waals surface area contributed by atoms with Gasteiger partial charge in [0.15, 0.2) is 10.8 Å². The van der Waals surface area contributed by atoms with Crippen molar-refractivity contribution in [1.82, 2.24) is 30.1 Å². The quantitative estimate of drug-likeness (QED) is 0.227. The van der Waals surface area contributed by atoms with Crippen LogP contribution < -0.4 is 10.2 Å². The maximum absolute atomic E-state index is 14.5. The van der Waals surface area contributed by atoms with E-state index in [9.17, 15) is 18.4 Å². The van der Waals surface area contributed by atoms with Crippen LogP contribution >= 0.6 is 22.9 Å². The molecule has 2 N–H and O–H groups in total. The van der Waals surface area contributed by atoms with Gasteiger partial charge in [-0.15, -0.1) is 11.3 Å². The van der Waals surface area contributed by atoms with E-state index in [0.717, 1.165) is 29.0 Å². The number of aliphatic imine (C=N–C) groups is 1. The summed E-state index contributed by atoms with van der Waals surface area (Å²) in [4.78, 5) is 50.3. The number of methoxy groups -OCH3 is 1. The average Bonchev–Trinajstić information content (AvgIpc) is 3.90. The van der Waals surface area contributed by atoms with Crippen molar-refractivity contribution >= 4 is 57.5 Å². The zero-order chi connectivity index (χ0) is 34.7. The fourth-order valence-electron chi connectivity index (χ4n) is 7.63. The largest absolute Gasteiger partial charge is 0.466 e. The number of halogens is 3. The number of H-pyrrole nitrogens is 1. The van der Waals surface area contributed by atoms with E-state index in [1.54, 1.807) is 18.0 Å². The van der Waals surface area contributed by atoms with Gasteiger partial charge in [-0.1, -0.05) is 17.7 Å². The Morgan fingerprint density at radius 1 is 1.20 bits per heavy atom. The number of carbonyl (C=O) groups excluding carboxylic acids is 2. The number of carbonyl (C=O) groups is 2. The average molecular weight is 721 g/mol. The number of urea groups is 1. The second-order valence-corrected chi connectivity index (χ2v) is 14.8. The molecule has 0 spiro atoms. The van der Waals surface area contributed by atoms with Crippen LogP contribution in [0.3, 0.4) is 0 Å². The first-order chi connectivity index (χ1) is 24.1. The molecule has 2 aromatic carbocycles. The molecule has 1 aliphatic carbocycles. The number of benzene rings is 2. The molecule has 260 valence electrons. The standard InChI is InChI=1S/C35H35ClF2N8O3S/c1-35(38)8-7-19(15-35)30-40-25-6-4-21(14-26(25)41-30)46-17-22-16-44(10-11-45(22)34(46)48)18-27-28(33(47)49-2)29(23-5-3-20(37)13-24(23)36)43-31(42-27)32-39-9-12-50-32/h3-6,9,12-14,19,22,29H,7-8,10-11,15-18H2,1-2H3,(H,40,41)(H,42,43)/t19?,22-,29-,35?/m0/s1. The molecule has 50 heavy (non-hydrogen) atoms. The molecule has 11 nitrogen and oxygen atoms in total. The second-order valence-electron chi connectivity index (χ2n) is 13.5. The van der Waals surface area contributed by atoms with Crippen LogP contribution in [-0.2, 0) is 9.53 Å². The van der Waals surface area contributed by atoms with Gasteiger partial charge in [-0.2, -0.15) is 0 Å². The zero-order valence-corrected chi connectivity index (χ0v) is 29.0. The molecule has 4 aliphatic rings. The van der Waals surface area contributed by atoms with E-state index in [1.807, 2.05) is 28.5 Å². The molecule has 0 bridgehead atoms. The van der Waals surface area contributed by atoms with Gasteiger partial charge in [0.1, 0.15) is 23.4 Å². The number of fused-ring (bicyclic) bond motifs is 2.